The van der Waals surface area contributed by atoms with Gasteiger partial charge in [-0.25, -0.2) is 9.37 Å². The molecule has 5 nitrogen and oxygen atoms in total. The number of nitrogens with zero attached hydrogens (tertiary/aromatic N) is 2. The van der Waals surface area contributed by atoms with Gasteiger partial charge in [-0.15, -0.1) is 11.3 Å². The van der Waals surface area contributed by atoms with E-state index >= 15 is 0 Å². The summed E-state index contributed by atoms with van der Waals surface area (Å²) in [5.74, 6) is -0.994. The Kier molecular flexibility index (Phi) is 6.27. The van der Waals surface area contributed by atoms with Crippen LogP contribution in [-0.4, -0.2) is 47.3 Å². The first-order valence-electron chi connectivity index (χ1n) is 8.87. The molecular formula is C20H18F4N2O3S. The van der Waals surface area contributed by atoms with Crippen LogP contribution >= 0.6 is 11.3 Å². The molecule has 0 saturated carbocycles. The van der Waals surface area contributed by atoms with Crippen LogP contribution in [0.4, 0.5) is 17.6 Å². The van der Waals surface area contributed by atoms with E-state index in [9.17, 15) is 27.5 Å². The second-order valence-corrected chi connectivity index (χ2v) is 7.67. The van der Waals surface area contributed by atoms with Gasteiger partial charge in [-0.3, -0.25) is 4.79 Å². The van der Waals surface area contributed by atoms with Crippen LogP contribution in [0.5, 0.6) is 5.75 Å². The molecule has 0 bridgehead atoms. The first kappa shape index (κ1) is 22.0. The molecule has 0 aliphatic heterocycles. The molecule has 0 fully saturated rings. The standard InChI is InChI=1S/C20H18F4N2O3S/c1-26(10-11-29-14-8-6-13(21)7-9-14)17(27)12-19(28,20(22,23)24)18-25-15-4-2-3-5-16(15)30-18/h2-9,28H,10-12H2,1H3. The van der Waals surface area contributed by atoms with Crippen molar-refractivity contribution in [2.45, 2.75) is 18.2 Å². The quantitative estimate of drug-likeness (QED) is 0.560. The maximum absolute atomic E-state index is 13.7. The van der Waals surface area contributed by atoms with Crippen LogP contribution in [0, 0.1) is 5.82 Å². The summed E-state index contributed by atoms with van der Waals surface area (Å²) in [4.78, 5) is 17.3. The highest BCUT2D eigenvalue weighted by Gasteiger charge is 2.58. The lowest BCUT2D eigenvalue weighted by Gasteiger charge is -2.29. The molecular weight excluding hydrogens is 424 g/mol. The predicted octanol–water partition coefficient (Wildman–Crippen LogP) is 4.11. The molecule has 3 rings (SSSR count). The molecule has 1 heterocycles. The van der Waals surface area contributed by atoms with Crippen LogP contribution in [0.1, 0.15) is 11.4 Å². The van der Waals surface area contributed by atoms with E-state index in [1.165, 1.54) is 37.4 Å². The fourth-order valence-corrected chi connectivity index (χ4v) is 3.73. The zero-order valence-corrected chi connectivity index (χ0v) is 16.6. The van der Waals surface area contributed by atoms with Crippen LogP contribution in [-0.2, 0) is 10.4 Å². The van der Waals surface area contributed by atoms with Gasteiger partial charge >= 0.3 is 6.18 Å². The number of hydrogen-bond acceptors (Lipinski definition) is 5. The Labute approximate surface area is 173 Å². The summed E-state index contributed by atoms with van der Waals surface area (Å²) in [5, 5.41) is 9.89. The number of likely N-dealkylation sites (N-methyl/N-ethyl adjacent to an activating group) is 1. The minimum absolute atomic E-state index is 0.0144. The molecule has 0 spiro atoms. The minimum Gasteiger partial charge on any atom is -0.492 e. The number of benzene rings is 2. The lowest BCUT2D eigenvalue weighted by molar-refractivity contribution is -0.268. The number of amides is 1. The Morgan fingerprint density at radius 3 is 2.47 bits per heavy atom. The van der Waals surface area contributed by atoms with Gasteiger partial charge in [0, 0.05) is 7.05 Å². The normalized spacial score (nSPS) is 13.8. The third-order valence-electron chi connectivity index (χ3n) is 4.46. The summed E-state index contributed by atoms with van der Waals surface area (Å²) in [5.41, 5.74) is -3.09. The maximum atomic E-state index is 13.7. The molecule has 0 radical (unpaired) electrons. The minimum atomic E-state index is -5.10. The highest BCUT2D eigenvalue weighted by atomic mass is 32.1. The maximum Gasteiger partial charge on any atom is 0.424 e. The Morgan fingerprint density at radius 1 is 1.17 bits per heavy atom. The predicted molar refractivity (Wildman–Crippen MR) is 104 cm³/mol. The summed E-state index contributed by atoms with van der Waals surface area (Å²) in [6.45, 7) is -0.0382. The van der Waals surface area contributed by atoms with Gasteiger partial charge in [0.15, 0.2) is 0 Å². The summed E-state index contributed by atoms with van der Waals surface area (Å²) in [6, 6.07) is 11.6. The fourth-order valence-electron chi connectivity index (χ4n) is 2.66. The number of rotatable bonds is 7. The summed E-state index contributed by atoms with van der Waals surface area (Å²) >= 11 is 0.694. The van der Waals surface area contributed by atoms with Crippen molar-refractivity contribution >= 4 is 27.5 Å². The molecule has 30 heavy (non-hydrogen) atoms. The number of carbonyl (C=O) groups excluding carboxylic acids is 1. The third-order valence-corrected chi connectivity index (χ3v) is 5.65. The molecule has 0 aliphatic carbocycles. The number of aliphatic hydroxyl groups is 1. The third kappa shape index (κ3) is 4.71. The average molecular weight is 442 g/mol. The van der Waals surface area contributed by atoms with E-state index in [1.807, 2.05) is 0 Å². The van der Waals surface area contributed by atoms with Crippen molar-refractivity contribution < 1.29 is 32.2 Å². The van der Waals surface area contributed by atoms with E-state index < -0.39 is 34.9 Å². The molecule has 1 aromatic heterocycles. The molecule has 1 N–H and O–H groups in total. The number of para-hydroxylation sites is 1. The molecule has 1 atom stereocenters. The molecule has 10 heteroatoms. The van der Waals surface area contributed by atoms with Crippen LogP contribution in [0.25, 0.3) is 10.2 Å². The van der Waals surface area contributed by atoms with Crippen molar-refractivity contribution in [3.63, 3.8) is 0 Å². The van der Waals surface area contributed by atoms with Crippen molar-refractivity contribution in [2.75, 3.05) is 20.2 Å². The molecule has 0 aliphatic rings. The Morgan fingerprint density at radius 2 is 1.83 bits per heavy atom. The van der Waals surface area contributed by atoms with E-state index in [0.29, 0.717) is 27.3 Å². The zero-order chi connectivity index (χ0) is 21.9. The number of ether oxygens (including phenoxy) is 1. The number of carbonyl (C=O) groups is 1. The second-order valence-electron chi connectivity index (χ2n) is 6.64. The Bertz CT molecular complexity index is 990. The topological polar surface area (TPSA) is 62.7 Å². The number of thiazole rings is 1. The van der Waals surface area contributed by atoms with Crippen molar-refractivity contribution in [3.8, 4) is 5.75 Å². The van der Waals surface area contributed by atoms with E-state index in [0.717, 1.165) is 4.90 Å². The Hall–Kier alpha value is -2.72. The van der Waals surface area contributed by atoms with Gasteiger partial charge in [0.25, 0.3) is 0 Å². The first-order chi connectivity index (χ1) is 14.1. The van der Waals surface area contributed by atoms with Crippen molar-refractivity contribution in [2.24, 2.45) is 0 Å². The largest absolute Gasteiger partial charge is 0.492 e. The fraction of sp³-hybridized carbons (Fsp3) is 0.300. The van der Waals surface area contributed by atoms with E-state index in [4.69, 9.17) is 4.74 Å². The smallest absolute Gasteiger partial charge is 0.424 e. The Balaban J connectivity index is 1.69. The number of aromatic nitrogens is 1. The number of alkyl halides is 3. The van der Waals surface area contributed by atoms with Crippen LogP contribution in [0.2, 0.25) is 0 Å². The number of hydrogen-bond donors (Lipinski definition) is 1. The van der Waals surface area contributed by atoms with Gasteiger partial charge in [0.2, 0.25) is 11.5 Å². The van der Waals surface area contributed by atoms with E-state index in [1.54, 1.807) is 18.2 Å². The summed E-state index contributed by atoms with van der Waals surface area (Å²) < 4.78 is 59.9. The second kappa shape index (κ2) is 8.57. The van der Waals surface area contributed by atoms with E-state index in [-0.39, 0.29) is 13.2 Å². The lowest BCUT2D eigenvalue weighted by atomic mass is 9.99. The molecule has 1 unspecified atom stereocenters. The lowest BCUT2D eigenvalue weighted by Crippen LogP contribution is -2.46. The number of fused-ring (bicyclic) bond motifs is 1. The average Bonchev–Trinajstić information content (AvgIpc) is 3.13. The van der Waals surface area contributed by atoms with Gasteiger partial charge in [0.1, 0.15) is 23.2 Å². The van der Waals surface area contributed by atoms with Crippen LogP contribution in [0.15, 0.2) is 48.5 Å². The summed E-state index contributed by atoms with van der Waals surface area (Å²) in [6.07, 6.45) is -6.30. The molecule has 0 saturated heterocycles. The van der Waals surface area contributed by atoms with E-state index in [2.05, 4.69) is 4.98 Å². The highest BCUT2D eigenvalue weighted by molar-refractivity contribution is 7.18. The highest BCUT2D eigenvalue weighted by Crippen LogP contribution is 2.44. The van der Waals surface area contributed by atoms with Crippen molar-refractivity contribution in [3.05, 3.63) is 59.4 Å². The number of halogens is 4. The first-order valence-corrected chi connectivity index (χ1v) is 9.69. The van der Waals surface area contributed by atoms with Gasteiger partial charge in [-0.2, -0.15) is 13.2 Å². The van der Waals surface area contributed by atoms with Gasteiger partial charge in [0.05, 0.1) is 23.2 Å². The van der Waals surface area contributed by atoms with Gasteiger partial charge in [-0.05, 0) is 36.4 Å². The monoisotopic (exact) mass is 442 g/mol. The van der Waals surface area contributed by atoms with Crippen LogP contribution in [0.3, 0.4) is 0 Å². The zero-order valence-electron chi connectivity index (χ0n) is 15.8. The van der Waals surface area contributed by atoms with Gasteiger partial charge in [-0.1, -0.05) is 12.1 Å². The molecule has 160 valence electrons. The molecule has 2 aromatic carbocycles. The van der Waals surface area contributed by atoms with Crippen LogP contribution < -0.4 is 4.74 Å². The summed E-state index contributed by atoms with van der Waals surface area (Å²) in [7, 11) is 1.31. The SMILES string of the molecule is CN(CCOc1ccc(F)cc1)C(=O)CC(O)(c1nc2ccccc2s1)C(F)(F)F. The van der Waals surface area contributed by atoms with Crippen molar-refractivity contribution in [1.29, 1.82) is 0 Å². The van der Waals surface area contributed by atoms with Gasteiger partial charge < -0.3 is 14.7 Å². The van der Waals surface area contributed by atoms with Crippen molar-refractivity contribution in [1.82, 2.24) is 9.88 Å². The molecule has 1 amide bonds. The molecule has 3 aromatic rings.